The van der Waals surface area contributed by atoms with Gasteiger partial charge in [0.25, 0.3) is 5.91 Å². The Hall–Kier alpha value is -3.31. The zero-order valence-electron chi connectivity index (χ0n) is 14.2. The maximum atomic E-state index is 13.2. The van der Waals surface area contributed by atoms with E-state index in [1.165, 1.54) is 23.5 Å². The van der Waals surface area contributed by atoms with Crippen LogP contribution >= 0.6 is 11.3 Å². The van der Waals surface area contributed by atoms with Gasteiger partial charge in [-0.2, -0.15) is 0 Å². The van der Waals surface area contributed by atoms with E-state index in [4.69, 9.17) is 4.98 Å². The van der Waals surface area contributed by atoms with Gasteiger partial charge in [0.1, 0.15) is 21.5 Å². The molecule has 0 aliphatic carbocycles. The van der Waals surface area contributed by atoms with E-state index >= 15 is 0 Å². The summed E-state index contributed by atoms with van der Waals surface area (Å²) in [6, 6.07) is 24.9. The first-order chi connectivity index (χ1) is 13.2. The van der Waals surface area contributed by atoms with Crippen molar-refractivity contribution in [3.63, 3.8) is 0 Å². The first kappa shape index (κ1) is 17.1. The van der Waals surface area contributed by atoms with Crippen LogP contribution in [0.3, 0.4) is 0 Å². The van der Waals surface area contributed by atoms with Gasteiger partial charge in [-0.1, -0.05) is 59.9 Å². The fraction of sp³-hybridized carbons (Fsp3) is 0. The van der Waals surface area contributed by atoms with Gasteiger partial charge in [-0.15, -0.1) is 0 Å². The minimum absolute atomic E-state index is 0.193. The van der Waals surface area contributed by atoms with E-state index < -0.39 is 0 Å². The first-order valence-electron chi connectivity index (χ1n) is 8.39. The number of amides is 1. The van der Waals surface area contributed by atoms with Crippen LogP contribution < -0.4 is 5.32 Å². The molecule has 0 saturated heterocycles. The Morgan fingerprint density at radius 1 is 0.815 bits per heavy atom. The van der Waals surface area contributed by atoms with E-state index in [9.17, 15) is 9.18 Å². The zero-order valence-corrected chi connectivity index (χ0v) is 15.0. The molecule has 27 heavy (non-hydrogen) atoms. The number of thiazole rings is 1. The lowest BCUT2D eigenvalue weighted by Gasteiger charge is -2.05. The molecule has 1 N–H and O–H groups in total. The van der Waals surface area contributed by atoms with Crippen LogP contribution in [0, 0.1) is 5.82 Å². The second-order valence-corrected chi connectivity index (χ2v) is 6.89. The van der Waals surface area contributed by atoms with Crippen LogP contribution in [0.15, 0.2) is 84.9 Å². The van der Waals surface area contributed by atoms with Crippen molar-refractivity contribution >= 4 is 22.2 Å². The minimum Gasteiger partial charge on any atom is -0.312 e. The molecule has 132 valence electrons. The van der Waals surface area contributed by atoms with E-state index in [0.29, 0.717) is 16.3 Å². The summed E-state index contributed by atoms with van der Waals surface area (Å²) in [7, 11) is 0. The Kier molecular flexibility index (Phi) is 4.77. The summed E-state index contributed by atoms with van der Waals surface area (Å²) < 4.78 is 13.2. The van der Waals surface area contributed by atoms with Crippen molar-refractivity contribution in [2.75, 3.05) is 5.32 Å². The second kappa shape index (κ2) is 7.51. The van der Waals surface area contributed by atoms with Crippen LogP contribution in [-0.2, 0) is 0 Å². The fourth-order valence-corrected chi connectivity index (χ4v) is 3.67. The van der Waals surface area contributed by atoms with E-state index in [1.54, 1.807) is 24.3 Å². The van der Waals surface area contributed by atoms with Crippen molar-refractivity contribution in [2.24, 2.45) is 0 Å². The molecule has 3 aromatic carbocycles. The number of halogens is 1. The Bertz CT molecular complexity index is 1060. The van der Waals surface area contributed by atoms with Crippen molar-refractivity contribution in [3.05, 3.63) is 96.3 Å². The molecule has 0 unspecified atom stereocenters. The van der Waals surface area contributed by atoms with Gasteiger partial charge in [0.2, 0.25) is 0 Å². The van der Waals surface area contributed by atoms with Gasteiger partial charge in [-0.25, -0.2) is 9.37 Å². The molecule has 0 aliphatic heterocycles. The number of nitrogens with zero attached hydrogens (tertiary/aromatic N) is 1. The maximum absolute atomic E-state index is 13.2. The summed E-state index contributed by atoms with van der Waals surface area (Å²) in [5.74, 6) is -0.488. The predicted molar refractivity (Wildman–Crippen MR) is 107 cm³/mol. The van der Waals surface area contributed by atoms with E-state index in [1.807, 2.05) is 48.5 Å². The molecular weight excluding hydrogens is 359 g/mol. The highest BCUT2D eigenvalue weighted by Crippen LogP contribution is 2.38. The molecular formula is C22H15FN2OS. The standard InChI is InChI=1S/C22H15FN2OS/c23-18-13-11-17(12-14-18)21-24-19(15-7-3-1-4-8-15)22(27-21)25-20(26)16-9-5-2-6-10-16/h1-14H,(H,25,26). The molecule has 0 bridgehead atoms. The Balaban J connectivity index is 1.74. The number of rotatable bonds is 4. The lowest BCUT2D eigenvalue weighted by Crippen LogP contribution is -2.11. The SMILES string of the molecule is O=C(Nc1sc(-c2ccc(F)cc2)nc1-c1ccccc1)c1ccccc1. The number of anilines is 1. The highest BCUT2D eigenvalue weighted by atomic mass is 32.1. The van der Waals surface area contributed by atoms with Crippen LogP contribution in [0.5, 0.6) is 0 Å². The summed E-state index contributed by atoms with van der Waals surface area (Å²) in [5.41, 5.74) is 2.99. The molecule has 0 radical (unpaired) electrons. The van der Waals surface area contributed by atoms with Crippen molar-refractivity contribution in [1.29, 1.82) is 0 Å². The molecule has 0 aliphatic rings. The van der Waals surface area contributed by atoms with Crippen molar-refractivity contribution < 1.29 is 9.18 Å². The highest BCUT2D eigenvalue weighted by molar-refractivity contribution is 7.19. The Morgan fingerprint density at radius 3 is 2.11 bits per heavy atom. The van der Waals surface area contributed by atoms with E-state index in [0.717, 1.165) is 16.1 Å². The van der Waals surface area contributed by atoms with Crippen molar-refractivity contribution in [1.82, 2.24) is 4.98 Å². The van der Waals surface area contributed by atoms with Crippen LogP contribution in [0.2, 0.25) is 0 Å². The lowest BCUT2D eigenvalue weighted by molar-refractivity contribution is 0.102. The molecule has 1 amide bonds. The lowest BCUT2D eigenvalue weighted by atomic mass is 10.1. The predicted octanol–water partition coefficient (Wildman–Crippen LogP) is 5.87. The molecule has 4 rings (SSSR count). The Morgan fingerprint density at radius 2 is 1.44 bits per heavy atom. The number of carbonyl (C=O) groups is 1. The monoisotopic (exact) mass is 374 g/mol. The molecule has 0 fully saturated rings. The number of carbonyl (C=O) groups excluding carboxylic acids is 1. The number of nitrogens with one attached hydrogen (secondary N) is 1. The number of hydrogen-bond acceptors (Lipinski definition) is 3. The van der Waals surface area contributed by atoms with Crippen LogP contribution in [0.25, 0.3) is 21.8 Å². The smallest absolute Gasteiger partial charge is 0.256 e. The summed E-state index contributed by atoms with van der Waals surface area (Å²) in [5, 5.41) is 4.35. The van der Waals surface area contributed by atoms with Crippen LogP contribution in [0.4, 0.5) is 9.39 Å². The zero-order chi connectivity index (χ0) is 18.6. The highest BCUT2D eigenvalue weighted by Gasteiger charge is 2.17. The van der Waals surface area contributed by atoms with Gasteiger partial charge in [-0.05, 0) is 36.4 Å². The number of hydrogen-bond donors (Lipinski definition) is 1. The molecule has 0 spiro atoms. The van der Waals surface area contributed by atoms with Gasteiger partial charge in [0.15, 0.2) is 0 Å². The van der Waals surface area contributed by atoms with Gasteiger partial charge >= 0.3 is 0 Å². The molecule has 0 saturated carbocycles. The van der Waals surface area contributed by atoms with Crippen molar-refractivity contribution in [2.45, 2.75) is 0 Å². The number of aromatic nitrogens is 1. The molecule has 4 aromatic rings. The normalized spacial score (nSPS) is 10.6. The minimum atomic E-state index is -0.295. The summed E-state index contributed by atoms with van der Waals surface area (Å²) in [6.45, 7) is 0. The molecule has 1 aromatic heterocycles. The summed E-state index contributed by atoms with van der Waals surface area (Å²) >= 11 is 1.37. The second-order valence-electron chi connectivity index (χ2n) is 5.89. The third-order valence-corrected chi connectivity index (χ3v) is 5.05. The molecule has 1 heterocycles. The summed E-state index contributed by atoms with van der Waals surface area (Å²) in [4.78, 5) is 17.3. The van der Waals surface area contributed by atoms with Gasteiger partial charge in [-0.3, -0.25) is 4.79 Å². The number of benzene rings is 3. The molecule has 0 atom stereocenters. The topological polar surface area (TPSA) is 42.0 Å². The maximum Gasteiger partial charge on any atom is 0.256 e. The fourth-order valence-electron chi connectivity index (χ4n) is 2.68. The average molecular weight is 374 g/mol. The molecule has 3 nitrogen and oxygen atoms in total. The van der Waals surface area contributed by atoms with E-state index in [-0.39, 0.29) is 11.7 Å². The largest absolute Gasteiger partial charge is 0.312 e. The van der Waals surface area contributed by atoms with Gasteiger partial charge in [0, 0.05) is 16.7 Å². The van der Waals surface area contributed by atoms with E-state index in [2.05, 4.69) is 5.32 Å². The van der Waals surface area contributed by atoms with Crippen molar-refractivity contribution in [3.8, 4) is 21.8 Å². The third kappa shape index (κ3) is 3.78. The van der Waals surface area contributed by atoms with Crippen LogP contribution in [-0.4, -0.2) is 10.9 Å². The Labute approximate surface area is 160 Å². The van der Waals surface area contributed by atoms with Gasteiger partial charge < -0.3 is 5.32 Å². The van der Waals surface area contributed by atoms with Crippen LogP contribution in [0.1, 0.15) is 10.4 Å². The third-order valence-electron chi connectivity index (χ3n) is 4.03. The average Bonchev–Trinajstić information content (AvgIpc) is 3.13. The quantitative estimate of drug-likeness (QED) is 0.485. The van der Waals surface area contributed by atoms with Gasteiger partial charge in [0.05, 0.1) is 0 Å². The first-order valence-corrected chi connectivity index (χ1v) is 9.21. The molecule has 5 heteroatoms. The summed E-state index contributed by atoms with van der Waals surface area (Å²) in [6.07, 6.45) is 0.